The molecule has 132 valence electrons. The third-order valence-corrected chi connectivity index (χ3v) is 3.52. The van der Waals surface area contributed by atoms with Gasteiger partial charge in [-0.2, -0.15) is 13.2 Å². The van der Waals surface area contributed by atoms with Crippen LogP contribution in [0.1, 0.15) is 16.1 Å². The maximum Gasteiger partial charge on any atom is 0.434 e. The van der Waals surface area contributed by atoms with E-state index in [-0.39, 0.29) is 32.3 Å². The van der Waals surface area contributed by atoms with Gasteiger partial charge in [0, 0.05) is 37.4 Å². The second-order valence-corrected chi connectivity index (χ2v) is 5.22. The number of hydrogen-bond donors (Lipinski definition) is 1. The number of nitrogens with one attached hydrogen (secondary N) is 1. The molecule has 0 aliphatic carbocycles. The minimum absolute atomic E-state index is 0.229. The van der Waals surface area contributed by atoms with Crippen LogP contribution in [0.3, 0.4) is 0 Å². The van der Waals surface area contributed by atoms with Crippen molar-refractivity contribution in [1.29, 1.82) is 0 Å². The number of aromatic nitrogens is 3. The molecule has 0 unspecified atom stereocenters. The number of carbonyl (C=O) groups excluding carboxylic acids is 1. The maximum absolute atomic E-state index is 13.4. The fourth-order valence-corrected chi connectivity index (χ4v) is 2.32. The standard InChI is InChI=1S/C15H14F3N5O2/c16-15(17,18)12-11(13(24)23-5-7-25-8-6-23)9-20-14(22-12)21-10-1-3-19-4-2-10/h1-4,9H,5-8H2,(H,19,20,21,22). The second kappa shape index (κ2) is 7.01. The monoisotopic (exact) mass is 353 g/mol. The topological polar surface area (TPSA) is 80.2 Å². The summed E-state index contributed by atoms with van der Waals surface area (Å²) in [5.41, 5.74) is -1.36. The fraction of sp³-hybridized carbons (Fsp3) is 0.333. The molecule has 1 aliphatic heterocycles. The van der Waals surface area contributed by atoms with E-state index in [0.717, 1.165) is 6.20 Å². The van der Waals surface area contributed by atoms with Gasteiger partial charge in [0.2, 0.25) is 5.95 Å². The molecule has 1 aliphatic rings. The second-order valence-electron chi connectivity index (χ2n) is 5.22. The Morgan fingerprint density at radius 2 is 1.88 bits per heavy atom. The molecule has 0 atom stereocenters. The zero-order valence-electron chi connectivity index (χ0n) is 13.0. The quantitative estimate of drug-likeness (QED) is 0.910. The van der Waals surface area contributed by atoms with Gasteiger partial charge in [-0.25, -0.2) is 9.97 Å². The van der Waals surface area contributed by atoms with Gasteiger partial charge in [0.25, 0.3) is 5.91 Å². The Hall–Kier alpha value is -2.75. The number of hydrogen-bond acceptors (Lipinski definition) is 6. The van der Waals surface area contributed by atoms with Crippen molar-refractivity contribution in [3.05, 3.63) is 42.0 Å². The molecule has 2 aromatic rings. The third kappa shape index (κ3) is 4.02. The van der Waals surface area contributed by atoms with Crippen LogP contribution in [0.4, 0.5) is 24.8 Å². The van der Waals surface area contributed by atoms with Crippen LogP contribution in [0.15, 0.2) is 30.7 Å². The van der Waals surface area contributed by atoms with Gasteiger partial charge in [0.15, 0.2) is 5.69 Å². The van der Waals surface area contributed by atoms with E-state index in [9.17, 15) is 18.0 Å². The van der Waals surface area contributed by atoms with Crippen LogP contribution < -0.4 is 5.32 Å². The molecule has 1 fully saturated rings. The van der Waals surface area contributed by atoms with E-state index in [2.05, 4.69) is 20.3 Å². The Morgan fingerprint density at radius 3 is 2.52 bits per heavy atom. The van der Waals surface area contributed by atoms with Crippen molar-refractivity contribution in [2.75, 3.05) is 31.6 Å². The van der Waals surface area contributed by atoms with Gasteiger partial charge in [0.05, 0.1) is 18.8 Å². The SMILES string of the molecule is O=C(c1cnc(Nc2ccncc2)nc1C(F)(F)F)N1CCOCC1. The van der Waals surface area contributed by atoms with Gasteiger partial charge in [-0.1, -0.05) is 0 Å². The van der Waals surface area contributed by atoms with Crippen LogP contribution in [-0.4, -0.2) is 52.1 Å². The minimum Gasteiger partial charge on any atom is -0.378 e. The van der Waals surface area contributed by atoms with Crippen LogP contribution in [-0.2, 0) is 10.9 Å². The molecule has 0 spiro atoms. The summed E-state index contributed by atoms with van der Waals surface area (Å²) in [4.78, 5) is 24.9. The first-order chi connectivity index (χ1) is 11.9. The molecular formula is C15H14F3N5O2. The predicted molar refractivity (Wildman–Crippen MR) is 81.3 cm³/mol. The van der Waals surface area contributed by atoms with Crippen molar-refractivity contribution in [2.24, 2.45) is 0 Å². The van der Waals surface area contributed by atoms with E-state index >= 15 is 0 Å². The molecule has 0 bridgehead atoms. The lowest BCUT2D eigenvalue weighted by atomic mass is 10.2. The lowest BCUT2D eigenvalue weighted by Gasteiger charge is -2.27. The predicted octanol–water partition coefficient (Wildman–Crippen LogP) is 2.11. The van der Waals surface area contributed by atoms with E-state index in [1.54, 1.807) is 12.1 Å². The number of anilines is 2. The molecule has 2 aromatic heterocycles. The first-order valence-electron chi connectivity index (χ1n) is 7.43. The number of pyridine rings is 1. The smallest absolute Gasteiger partial charge is 0.378 e. The van der Waals surface area contributed by atoms with E-state index < -0.39 is 23.3 Å². The number of halogens is 3. The fourth-order valence-electron chi connectivity index (χ4n) is 2.32. The summed E-state index contributed by atoms with van der Waals surface area (Å²) < 4.78 is 45.2. The van der Waals surface area contributed by atoms with Crippen molar-refractivity contribution in [3.8, 4) is 0 Å². The maximum atomic E-state index is 13.4. The summed E-state index contributed by atoms with van der Waals surface area (Å²) in [6, 6.07) is 3.12. The molecule has 0 radical (unpaired) electrons. The van der Waals surface area contributed by atoms with Crippen molar-refractivity contribution in [2.45, 2.75) is 6.18 Å². The zero-order chi connectivity index (χ0) is 17.9. The number of rotatable bonds is 3. The Balaban J connectivity index is 1.91. The molecule has 1 amide bonds. The summed E-state index contributed by atoms with van der Waals surface area (Å²) in [6.45, 7) is 1.03. The van der Waals surface area contributed by atoms with Crippen molar-refractivity contribution in [3.63, 3.8) is 0 Å². The van der Waals surface area contributed by atoms with Crippen LogP contribution in [0.25, 0.3) is 0 Å². The highest BCUT2D eigenvalue weighted by molar-refractivity contribution is 5.95. The first-order valence-corrected chi connectivity index (χ1v) is 7.43. The Morgan fingerprint density at radius 1 is 1.20 bits per heavy atom. The molecule has 25 heavy (non-hydrogen) atoms. The third-order valence-electron chi connectivity index (χ3n) is 3.52. The number of alkyl halides is 3. The van der Waals surface area contributed by atoms with E-state index in [1.165, 1.54) is 17.3 Å². The van der Waals surface area contributed by atoms with Crippen molar-refractivity contribution >= 4 is 17.5 Å². The number of nitrogens with zero attached hydrogens (tertiary/aromatic N) is 4. The first kappa shape index (κ1) is 17.1. The van der Waals surface area contributed by atoms with E-state index in [4.69, 9.17) is 4.74 Å². The summed E-state index contributed by atoms with van der Waals surface area (Å²) >= 11 is 0. The molecule has 10 heteroatoms. The van der Waals surface area contributed by atoms with Crippen molar-refractivity contribution < 1.29 is 22.7 Å². The van der Waals surface area contributed by atoms with Crippen LogP contribution in [0, 0.1) is 0 Å². The molecule has 1 N–H and O–H groups in total. The van der Waals surface area contributed by atoms with Gasteiger partial charge in [-0.05, 0) is 12.1 Å². The summed E-state index contributed by atoms with van der Waals surface area (Å²) in [6.07, 6.45) is -0.932. The van der Waals surface area contributed by atoms with Gasteiger partial charge >= 0.3 is 6.18 Å². The van der Waals surface area contributed by atoms with Crippen LogP contribution in [0.2, 0.25) is 0 Å². The van der Waals surface area contributed by atoms with Crippen molar-refractivity contribution in [1.82, 2.24) is 19.9 Å². The molecule has 3 heterocycles. The molecule has 0 saturated carbocycles. The van der Waals surface area contributed by atoms with E-state index in [1.807, 2.05) is 0 Å². The molecular weight excluding hydrogens is 339 g/mol. The van der Waals surface area contributed by atoms with Crippen LogP contribution >= 0.6 is 0 Å². The van der Waals surface area contributed by atoms with Gasteiger partial charge in [-0.15, -0.1) is 0 Å². The minimum atomic E-state index is -4.78. The summed E-state index contributed by atoms with van der Waals surface area (Å²) in [7, 11) is 0. The highest BCUT2D eigenvalue weighted by atomic mass is 19.4. The zero-order valence-corrected chi connectivity index (χ0v) is 13.0. The Kier molecular flexibility index (Phi) is 4.79. The molecule has 0 aromatic carbocycles. The average molecular weight is 353 g/mol. The van der Waals surface area contributed by atoms with Gasteiger partial charge in [0.1, 0.15) is 0 Å². The largest absolute Gasteiger partial charge is 0.434 e. The number of morpholine rings is 1. The van der Waals surface area contributed by atoms with Gasteiger partial charge in [-0.3, -0.25) is 9.78 Å². The lowest BCUT2D eigenvalue weighted by molar-refractivity contribution is -0.141. The Labute approximate surface area is 140 Å². The molecule has 7 nitrogen and oxygen atoms in total. The summed E-state index contributed by atoms with van der Waals surface area (Å²) in [5.74, 6) is -1.01. The van der Waals surface area contributed by atoms with Crippen LogP contribution in [0.5, 0.6) is 0 Å². The number of amides is 1. The number of carbonyl (C=O) groups is 1. The van der Waals surface area contributed by atoms with E-state index in [0.29, 0.717) is 5.69 Å². The molecule has 1 saturated heterocycles. The summed E-state index contributed by atoms with van der Waals surface area (Å²) in [5, 5.41) is 2.65. The normalized spacial score (nSPS) is 15.1. The molecule has 3 rings (SSSR count). The lowest BCUT2D eigenvalue weighted by Crippen LogP contribution is -2.41. The Bertz CT molecular complexity index is 749. The number of ether oxygens (including phenoxy) is 1. The highest BCUT2D eigenvalue weighted by Crippen LogP contribution is 2.32. The highest BCUT2D eigenvalue weighted by Gasteiger charge is 2.39. The van der Waals surface area contributed by atoms with Gasteiger partial charge < -0.3 is 15.0 Å². The average Bonchev–Trinajstić information content (AvgIpc) is 2.62.